The number of hydrogen-bond donors (Lipinski definition) is 1. The average molecular weight is 287 g/mol. The molecule has 1 rings (SSSR count). The molecule has 1 aromatic heterocycles. The van der Waals surface area contributed by atoms with Crippen LogP contribution in [0, 0.1) is 0 Å². The Labute approximate surface area is 106 Å². The van der Waals surface area contributed by atoms with Crippen molar-refractivity contribution in [1.82, 2.24) is 10.3 Å². The van der Waals surface area contributed by atoms with E-state index in [-0.39, 0.29) is 6.04 Å². The SMILES string of the molecule is CCCNC(COCC)c1cncc(Br)c1. The van der Waals surface area contributed by atoms with E-state index in [1.54, 1.807) is 6.20 Å². The van der Waals surface area contributed by atoms with Crippen LogP contribution < -0.4 is 5.32 Å². The quantitative estimate of drug-likeness (QED) is 0.837. The second-order valence-electron chi connectivity index (χ2n) is 3.60. The van der Waals surface area contributed by atoms with E-state index in [1.807, 2.05) is 13.1 Å². The molecule has 3 nitrogen and oxygen atoms in total. The third-order valence-electron chi connectivity index (χ3n) is 2.26. The van der Waals surface area contributed by atoms with Crippen LogP contribution in [0.4, 0.5) is 0 Å². The Bertz CT molecular complexity index is 299. The van der Waals surface area contributed by atoms with Crippen LogP contribution in [0.15, 0.2) is 22.9 Å². The van der Waals surface area contributed by atoms with Gasteiger partial charge in [-0.15, -0.1) is 0 Å². The van der Waals surface area contributed by atoms with Gasteiger partial charge in [0, 0.05) is 23.5 Å². The lowest BCUT2D eigenvalue weighted by Crippen LogP contribution is -2.26. The number of nitrogens with zero attached hydrogens (tertiary/aromatic N) is 1. The number of rotatable bonds is 7. The predicted octanol–water partition coefficient (Wildman–Crippen LogP) is 2.92. The zero-order valence-electron chi connectivity index (χ0n) is 9.87. The molecule has 16 heavy (non-hydrogen) atoms. The minimum Gasteiger partial charge on any atom is -0.380 e. The fourth-order valence-corrected chi connectivity index (χ4v) is 1.83. The number of nitrogens with one attached hydrogen (secondary N) is 1. The standard InChI is InChI=1S/C12H19BrN2O/c1-3-5-15-12(9-16-4-2)10-6-11(13)8-14-7-10/h6-8,12,15H,3-5,9H2,1-2H3. The minimum absolute atomic E-state index is 0.227. The molecule has 90 valence electrons. The maximum atomic E-state index is 5.48. The second-order valence-corrected chi connectivity index (χ2v) is 4.52. The van der Waals surface area contributed by atoms with Crippen molar-refractivity contribution >= 4 is 15.9 Å². The highest BCUT2D eigenvalue weighted by molar-refractivity contribution is 9.10. The molecule has 1 atom stereocenters. The third kappa shape index (κ3) is 4.60. The van der Waals surface area contributed by atoms with Crippen LogP contribution in [0.25, 0.3) is 0 Å². The molecule has 1 unspecified atom stereocenters. The third-order valence-corrected chi connectivity index (χ3v) is 2.69. The first kappa shape index (κ1) is 13.6. The van der Waals surface area contributed by atoms with Gasteiger partial charge < -0.3 is 10.1 Å². The van der Waals surface area contributed by atoms with E-state index in [1.165, 1.54) is 0 Å². The monoisotopic (exact) mass is 286 g/mol. The fourth-order valence-electron chi connectivity index (χ4n) is 1.45. The lowest BCUT2D eigenvalue weighted by atomic mass is 10.1. The molecule has 0 aromatic carbocycles. The fraction of sp³-hybridized carbons (Fsp3) is 0.583. The van der Waals surface area contributed by atoms with Crippen LogP contribution in [0.2, 0.25) is 0 Å². The summed E-state index contributed by atoms with van der Waals surface area (Å²) in [6.45, 7) is 6.59. The van der Waals surface area contributed by atoms with Gasteiger partial charge in [0.1, 0.15) is 0 Å². The predicted molar refractivity (Wildman–Crippen MR) is 69.5 cm³/mol. The maximum absolute atomic E-state index is 5.48. The first-order chi connectivity index (χ1) is 7.77. The number of ether oxygens (including phenoxy) is 1. The normalized spacial score (nSPS) is 12.7. The summed E-state index contributed by atoms with van der Waals surface area (Å²) in [5, 5.41) is 3.46. The summed E-state index contributed by atoms with van der Waals surface area (Å²) < 4.78 is 6.49. The molecule has 0 bridgehead atoms. The van der Waals surface area contributed by atoms with Gasteiger partial charge in [-0.1, -0.05) is 6.92 Å². The first-order valence-electron chi connectivity index (χ1n) is 5.69. The van der Waals surface area contributed by atoms with E-state index in [9.17, 15) is 0 Å². The van der Waals surface area contributed by atoms with E-state index in [0.717, 1.165) is 29.6 Å². The Morgan fingerprint density at radius 3 is 2.88 bits per heavy atom. The van der Waals surface area contributed by atoms with Crippen molar-refractivity contribution < 1.29 is 4.74 Å². The van der Waals surface area contributed by atoms with Gasteiger partial charge in [0.25, 0.3) is 0 Å². The summed E-state index contributed by atoms with van der Waals surface area (Å²) in [5.74, 6) is 0. The Morgan fingerprint density at radius 2 is 2.25 bits per heavy atom. The molecule has 0 radical (unpaired) electrons. The Balaban J connectivity index is 2.66. The summed E-state index contributed by atoms with van der Waals surface area (Å²) in [4.78, 5) is 4.18. The number of hydrogen-bond acceptors (Lipinski definition) is 3. The molecule has 0 aliphatic rings. The van der Waals surface area contributed by atoms with Crippen LogP contribution in [-0.4, -0.2) is 24.7 Å². The van der Waals surface area contributed by atoms with Crippen LogP contribution in [0.1, 0.15) is 31.9 Å². The van der Waals surface area contributed by atoms with Gasteiger partial charge in [0.2, 0.25) is 0 Å². The largest absolute Gasteiger partial charge is 0.380 e. The van der Waals surface area contributed by atoms with Crippen molar-refractivity contribution in [3.05, 3.63) is 28.5 Å². The molecule has 0 amide bonds. The summed E-state index contributed by atoms with van der Waals surface area (Å²) in [6, 6.07) is 2.31. The van der Waals surface area contributed by atoms with Crippen LogP contribution >= 0.6 is 15.9 Å². The van der Waals surface area contributed by atoms with Crippen molar-refractivity contribution in [2.24, 2.45) is 0 Å². The number of halogens is 1. The first-order valence-corrected chi connectivity index (χ1v) is 6.48. The van der Waals surface area contributed by atoms with Crippen LogP contribution in [0.3, 0.4) is 0 Å². The smallest absolute Gasteiger partial charge is 0.0661 e. The molecule has 1 aromatic rings. The van der Waals surface area contributed by atoms with Gasteiger partial charge in [-0.25, -0.2) is 0 Å². The van der Waals surface area contributed by atoms with Crippen molar-refractivity contribution in [2.75, 3.05) is 19.8 Å². The summed E-state index contributed by atoms with van der Waals surface area (Å²) in [5.41, 5.74) is 1.16. The number of aromatic nitrogens is 1. The molecule has 1 heterocycles. The topological polar surface area (TPSA) is 34.1 Å². The van der Waals surface area contributed by atoms with Gasteiger partial charge in [0.05, 0.1) is 12.6 Å². The molecular formula is C12H19BrN2O. The van der Waals surface area contributed by atoms with Gasteiger partial charge in [-0.05, 0) is 47.4 Å². The van der Waals surface area contributed by atoms with Crippen molar-refractivity contribution in [2.45, 2.75) is 26.3 Å². The molecule has 1 N–H and O–H groups in total. The van der Waals surface area contributed by atoms with E-state index in [0.29, 0.717) is 6.61 Å². The lowest BCUT2D eigenvalue weighted by molar-refractivity contribution is 0.123. The average Bonchev–Trinajstić information content (AvgIpc) is 2.29. The van der Waals surface area contributed by atoms with Gasteiger partial charge in [-0.3, -0.25) is 4.98 Å². The number of pyridine rings is 1. The highest BCUT2D eigenvalue weighted by Gasteiger charge is 2.11. The highest BCUT2D eigenvalue weighted by Crippen LogP contribution is 2.17. The van der Waals surface area contributed by atoms with E-state index in [2.05, 4.69) is 39.2 Å². The molecule has 0 saturated heterocycles. The summed E-state index contributed by atoms with van der Waals surface area (Å²) >= 11 is 3.44. The molecule has 0 saturated carbocycles. The highest BCUT2D eigenvalue weighted by atomic mass is 79.9. The van der Waals surface area contributed by atoms with Crippen molar-refractivity contribution in [3.63, 3.8) is 0 Å². The van der Waals surface area contributed by atoms with Crippen molar-refractivity contribution in [1.29, 1.82) is 0 Å². The van der Waals surface area contributed by atoms with Gasteiger partial charge in [0.15, 0.2) is 0 Å². The molecule has 0 fully saturated rings. The van der Waals surface area contributed by atoms with Gasteiger partial charge >= 0.3 is 0 Å². The molecular weight excluding hydrogens is 268 g/mol. The van der Waals surface area contributed by atoms with E-state index in [4.69, 9.17) is 4.74 Å². The van der Waals surface area contributed by atoms with E-state index >= 15 is 0 Å². The molecule has 0 aliphatic carbocycles. The second kappa shape index (κ2) is 7.76. The van der Waals surface area contributed by atoms with Crippen LogP contribution in [0.5, 0.6) is 0 Å². The van der Waals surface area contributed by atoms with Gasteiger partial charge in [-0.2, -0.15) is 0 Å². The minimum atomic E-state index is 0.227. The zero-order chi connectivity index (χ0) is 11.8. The Morgan fingerprint density at radius 1 is 1.44 bits per heavy atom. The molecule has 0 aliphatic heterocycles. The Kier molecular flexibility index (Phi) is 6.61. The molecule has 4 heteroatoms. The lowest BCUT2D eigenvalue weighted by Gasteiger charge is -2.18. The zero-order valence-corrected chi connectivity index (χ0v) is 11.5. The summed E-state index contributed by atoms with van der Waals surface area (Å²) in [6.07, 6.45) is 4.79. The van der Waals surface area contributed by atoms with E-state index < -0.39 is 0 Å². The van der Waals surface area contributed by atoms with Crippen LogP contribution in [-0.2, 0) is 4.74 Å². The van der Waals surface area contributed by atoms with Crippen molar-refractivity contribution in [3.8, 4) is 0 Å². The molecule has 0 spiro atoms. The Hall–Kier alpha value is -0.450. The maximum Gasteiger partial charge on any atom is 0.0661 e. The summed E-state index contributed by atoms with van der Waals surface area (Å²) in [7, 11) is 0.